The lowest BCUT2D eigenvalue weighted by atomic mass is 9.79. The number of nitrogens with zero attached hydrogens (tertiary/aromatic N) is 1. The van der Waals surface area contributed by atoms with Crippen LogP contribution in [-0.4, -0.2) is 27.6 Å². The Labute approximate surface area is 169 Å². The van der Waals surface area contributed by atoms with Crippen LogP contribution in [0, 0.1) is 41.4 Å². The van der Waals surface area contributed by atoms with Crippen molar-refractivity contribution in [2.45, 2.75) is 96.0 Å². The average Bonchev–Trinajstić information content (AvgIpc) is 2.97. The Morgan fingerprint density at radius 2 is 1.89 bits per heavy atom. The fraction of sp³-hybridized carbons (Fsp3) is 0.783. The molecule has 0 bridgehead atoms. The van der Waals surface area contributed by atoms with E-state index in [1.165, 1.54) is 0 Å². The molecule has 1 fully saturated rings. The zero-order chi connectivity index (χ0) is 21.0. The van der Waals surface area contributed by atoms with Gasteiger partial charge < -0.3 is 10.2 Å². The van der Waals surface area contributed by atoms with Crippen molar-refractivity contribution in [1.82, 2.24) is 0 Å². The normalized spacial score (nSPS) is 23.7. The molecule has 1 rings (SSSR count). The fourth-order valence-corrected chi connectivity index (χ4v) is 4.29. The highest BCUT2D eigenvalue weighted by Gasteiger charge is 2.42. The molecule has 156 valence electrons. The van der Waals surface area contributed by atoms with Gasteiger partial charge in [0.15, 0.2) is 0 Å². The van der Waals surface area contributed by atoms with E-state index in [1.807, 2.05) is 0 Å². The predicted molar refractivity (Wildman–Crippen MR) is 108 cm³/mol. The third kappa shape index (κ3) is 8.03. The smallest absolute Gasteiger partial charge is 0.303 e. The lowest BCUT2D eigenvalue weighted by Gasteiger charge is -2.27. The summed E-state index contributed by atoms with van der Waals surface area (Å²) in [6, 6.07) is 2.28. The molecule has 5 nitrogen and oxygen atoms in total. The third-order valence-electron chi connectivity index (χ3n) is 6.04. The molecular formula is C23H35NO4. The predicted octanol–water partition coefficient (Wildman–Crippen LogP) is 4.48. The van der Waals surface area contributed by atoms with Crippen LogP contribution in [0.25, 0.3) is 0 Å². The topological polar surface area (TPSA) is 98.4 Å². The molecule has 1 aliphatic rings. The molecule has 0 aromatic heterocycles. The summed E-state index contributed by atoms with van der Waals surface area (Å²) in [5.74, 6) is 1.44. The van der Waals surface area contributed by atoms with E-state index >= 15 is 0 Å². The molecule has 1 aliphatic carbocycles. The number of nitriles is 1. The van der Waals surface area contributed by atoms with E-state index in [4.69, 9.17) is 11.5 Å². The molecular weight excluding hydrogens is 354 g/mol. The molecule has 0 saturated heterocycles. The Hall–Kier alpha value is -1.85. The Balaban J connectivity index is 2.56. The lowest BCUT2D eigenvalue weighted by Crippen LogP contribution is -2.29. The maximum atomic E-state index is 12.4. The zero-order valence-electron chi connectivity index (χ0n) is 17.2. The molecule has 0 aliphatic heterocycles. The second-order valence-electron chi connectivity index (χ2n) is 8.19. The quantitative estimate of drug-likeness (QED) is 0.337. The van der Waals surface area contributed by atoms with Gasteiger partial charge >= 0.3 is 5.97 Å². The molecule has 28 heavy (non-hydrogen) atoms. The van der Waals surface area contributed by atoms with Gasteiger partial charge in [-0.1, -0.05) is 44.9 Å². The first-order valence-electron chi connectivity index (χ1n) is 10.7. The maximum Gasteiger partial charge on any atom is 0.303 e. The molecule has 1 saturated carbocycles. The molecule has 0 heterocycles. The monoisotopic (exact) mass is 389 g/mol. The summed E-state index contributed by atoms with van der Waals surface area (Å²) in [6.45, 7) is 2.10. The molecule has 1 unspecified atom stereocenters. The van der Waals surface area contributed by atoms with Crippen LogP contribution in [-0.2, 0) is 9.59 Å². The molecule has 5 heteroatoms. The number of carboxylic acids is 1. The molecule has 0 radical (unpaired) electrons. The minimum Gasteiger partial charge on any atom is -0.481 e. The van der Waals surface area contributed by atoms with Crippen LogP contribution >= 0.6 is 0 Å². The number of unbranched alkanes of at least 4 members (excludes halogenated alkanes) is 5. The van der Waals surface area contributed by atoms with Crippen LogP contribution in [0.15, 0.2) is 0 Å². The molecule has 0 spiro atoms. The number of aliphatic carboxylic acids is 1. The summed E-state index contributed by atoms with van der Waals surface area (Å²) in [6.07, 6.45) is 14.6. The molecule has 2 N–H and O–H groups in total. The van der Waals surface area contributed by atoms with E-state index in [0.717, 1.165) is 44.9 Å². The van der Waals surface area contributed by atoms with Crippen molar-refractivity contribution in [2.75, 3.05) is 0 Å². The number of carbonyl (C=O) groups is 2. The van der Waals surface area contributed by atoms with Gasteiger partial charge in [-0.2, -0.15) is 5.26 Å². The van der Waals surface area contributed by atoms with Crippen molar-refractivity contribution in [3.8, 4) is 18.4 Å². The van der Waals surface area contributed by atoms with Crippen LogP contribution in [0.3, 0.4) is 0 Å². The van der Waals surface area contributed by atoms with E-state index in [-0.39, 0.29) is 30.0 Å². The Kier molecular flexibility index (Phi) is 10.9. The minimum absolute atomic E-state index is 0.0393. The van der Waals surface area contributed by atoms with Crippen LogP contribution < -0.4 is 0 Å². The van der Waals surface area contributed by atoms with Gasteiger partial charge in [-0.25, -0.2) is 0 Å². The number of hydrogen-bond donors (Lipinski definition) is 2. The van der Waals surface area contributed by atoms with Gasteiger partial charge in [0.1, 0.15) is 11.4 Å². The average molecular weight is 390 g/mol. The van der Waals surface area contributed by atoms with Crippen LogP contribution in [0.2, 0.25) is 0 Å². The van der Waals surface area contributed by atoms with Gasteiger partial charge in [-0.15, -0.1) is 6.42 Å². The lowest BCUT2D eigenvalue weighted by molar-refractivity contribution is -0.137. The third-order valence-corrected chi connectivity index (χ3v) is 6.04. The zero-order valence-corrected chi connectivity index (χ0v) is 17.2. The van der Waals surface area contributed by atoms with Crippen LogP contribution in [0.5, 0.6) is 0 Å². The van der Waals surface area contributed by atoms with E-state index in [1.54, 1.807) is 0 Å². The minimum atomic E-state index is -1.15. The van der Waals surface area contributed by atoms with Gasteiger partial charge in [0, 0.05) is 18.8 Å². The summed E-state index contributed by atoms with van der Waals surface area (Å²) < 4.78 is 0. The van der Waals surface area contributed by atoms with Crippen molar-refractivity contribution in [3.05, 3.63) is 0 Å². The van der Waals surface area contributed by atoms with Gasteiger partial charge in [0.05, 0.1) is 12.0 Å². The molecule has 0 amide bonds. The number of aliphatic hydroxyl groups is 1. The SMILES string of the molecule is C#CC(O)(CCCCC)CC[C@H]1[C@H](C#N)CC(=O)[C@@H]1CCCCCCC(=O)O. The Morgan fingerprint density at radius 1 is 1.18 bits per heavy atom. The first-order chi connectivity index (χ1) is 13.4. The van der Waals surface area contributed by atoms with Crippen molar-refractivity contribution in [3.63, 3.8) is 0 Å². The first-order valence-corrected chi connectivity index (χ1v) is 10.7. The number of carboxylic acid groups (broad SMARTS) is 1. The number of hydrogen-bond acceptors (Lipinski definition) is 4. The summed E-state index contributed by atoms with van der Waals surface area (Å²) in [7, 11) is 0. The van der Waals surface area contributed by atoms with Crippen molar-refractivity contribution < 1.29 is 19.8 Å². The van der Waals surface area contributed by atoms with Gasteiger partial charge in [-0.05, 0) is 44.4 Å². The van der Waals surface area contributed by atoms with Crippen LogP contribution in [0.1, 0.15) is 90.4 Å². The summed E-state index contributed by atoms with van der Waals surface area (Å²) in [5.41, 5.74) is -1.15. The number of terminal acetylenes is 1. The highest BCUT2D eigenvalue weighted by Crippen LogP contribution is 2.41. The molecule has 0 aromatic carbocycles. The standard InChI is InChI=1S/C23H35NO4/c1-3-5-10-14-23(28,4-2)15-13-19-18(17-24)16-21(25)20(19)11-8-6-7-9-12-22(26)27/h2,18-20,28H,3,5-16H2,1H3,(H,26,27)/t18-,19-,20+,23?/m0/s1. The number of carbonyl (C=O) groups excluding carboxylic acids is 1. The summed E-state index contributed by atoms with van der Waals surface area (Å²) in [4.78, 5) is 23.0. The largest absolute Gasteiger partial charge is 0.481 e. The Bertz CT molecular complexity index is 588. The summed E-state index contributed by atoms with van der Waals surface area (Å²) in [5, 5.41) is 28.8. The maximum absolute atomic E-state index is 12.4. The van der Waals surface area contributed by atoms with Gasteiger partial charge in [0.2, 0.25) is 0 Å². The van der Waals surface area contributed by atoms with Crippen molar-refractivity contribution in [2.24, 2.45) is 17.8 Å². The van der Waals surface area contributed by atoms with Gasteiger partial charge in [0.25, 0.3) is 0 Å². The van der Waals surface area contributed by atoms with Crippen LogP contribution in [0.4, 0.5) is 0 Å². The Morgan fingerprint density at radius 3 is 2.50 bits per heavy atom. The van der Waals surface area contributed by atoms with E-state index in [2.05, 4.69) is 18.9 Å². The summed E-state index contributed by atoms with van der Waals surface area (Å²) >= 11 is 0. The number of ketones is 1. The molecule has 4 atom stereocenters. The van der Waals surface area contributed by atoms with E-state index in [9.17, 15) is 20.0 Å². The highest BCUT2D eigenvalue weighted by molar-refractivity contribution is 5.84. The van der Waals surface area contributed by atoms with Crippen molar-refractivity contribution in [1.29, 1.82) is 5.26 Å². The van der Waals surface area contributed by atoms with Gasteiger partial charge in [-0.3, -0.25) is 9.59 Å². The fourth-order valence-electron chi connectivity index (χ4n) is 4.29. The second-order valence-corrected chi connectivity index (χ2v) is 8.19. The van der Waals surface area contributed by atoms with E-state index in [0.29, 0.717) is 32.1 Å². The highest BCUT2D eigenvalue weighted by atomic mass is 16.4. The van der Waals surface area contributed by atoms with Crippen molar-refractivity contribution >= 4 is 11.8 Å². The molecule has 0 aromatic rings. The first kappa shape index (κ1) is 24.2. The second kappa shape index (κ2) is 12.6. The number of rotatable bonds is 14. The van der Waals surface area contributed by atoms with E-state index < -0.39 is 11.6 Å². The number of Topliss-reactive ketones (excluding diaryl/α,β-unsaturated/α-hetero) is 1.